The largest absolute Gasteiger partial charge is 0.379 e. The molecule has 7 heteroatoms. The van der Waals surface area contributed by atoms with Gasteiger partial charge in [-0.05, 0) is 55.2 Å². The van der Waals surface area contributed by atoms with Crippen LogP contribution in [0, 0.1) is 0 Å². The van der Waals surface area contributed by atoms with E-state index < -0.39 is 0 Å². The third-order valence-corrected chi connectivity index (χ3v) is 7.45. The highest BCUT2D eigenvalue weighted by atomic mass is 32.1. The van der Waals surface area contributed by atoms with Crippen molar-refractivity contribution in [2.45, 2.75) is 25.8 Å². The second kappa shape index (κ2) is 9.09. The molecule has 2 N–H and O–H groups in total. The number of ether oxygens (including phenoxy) is 1. The molecule has 4 aromatic rings. The molecule has 6 nitrogen and oxygen atoms in total. The van der Waals surface area contributed by atoms with Crippen molar-refractivity contribution < 1.29 is 4.74 Å². The Balaban J connectivity index is 1.33. The lowest BCUT2D eigenvalue weighted by Crippen LogP contribution is -2.36. The van der Waals surface area contributed by atoms with Crippen molar-refractivity contribution in [2.24, 2.45) is 0 Å². The quantitative estimate of drug-likeness (QED) is 0.399. The van der Waals surface area contributed by atoms with Crippen LogP contribution in [0.4, 0.5) is 22.9 Å². The van der Waals surface area contributed by atoms with Gasteiger partial charge in [-0.2, -0.15) is 0 Å². The summed E-state index contributed by atoms with van der Waals surface area (Å²) in [5, 5.41) is 8.33. The summed E-state index contributed by atoms with van der Waals surface area (Å²) in [4.78, 5) is 15.0. The lowest BCUT2D eigenvalue weighted by molar-refractivity contribution is 0.0331. The van der Waals surface area contributed by atoms with Crippen molar-refractivity contribution in [1.29, 1.82) is 0 Å². The number of hydrogen-bond donors (Lipinski definition) is 2. The fraction of sp³-hybridized carbons (Fsp3) is 0.308. The van der Waals surface area contributed by atoms with Gasteiger partial charge >= 0.3 is 0 Å². The number of benzene rings is 2. The summed E-state index contributed by atoms with van der Waals surface area (Å²) < 4.78 is 5.51. The molecule has 0 bridgehead atoms. The van der Waals surface area contributed by atoms with Gasteiger partial charge in [-0.15, -0.1) is 11.3 Å². The molecule has 1 aliphatic heterocycles. The molecule has 0 amide bonds. The van der Waals surface area contributed by atoms with E-state index in [9.17, 15) is 0 Å². The first kappa shape index (κ1) is 20.6. The molecule has 1 aliphatic carbocycles. The predicted octanol–water partition coefficient (Wildman–Crippen LogP) is 5.50. The number of aryl methyl sites for hydroxylation is 2. The minimum atomic E-state index is 0.756. The van der Waals surface area contributed by atoms with Crippen LogP contribution < -0.4 is 10.6 Å². The zero-order valence-corrected chi connectivity index (χ0v) is 19.3. The normalized spacial score (nSPS) is 16.1. The Kier molecular flexibility index (Phi) is 5.68. The van der Waals surface area contributed by atoms with E-state index in [2.05, 4.69) is 51.9 Å². The second-order valence-electron chi connectivity index (χ2n) is 8.61. The first-order valence-electron chi connectivity index (χ1n) is 11.6. The van der Waals surface area contributed by atoms with Gasteiger partial charge in [0.25, 0.3) is 0 Å². The monoisotopic (exact) mass is 457 g/mol. The van der Waals surface area contributed by atoms with Gasteiger partial charge in [0.05, 0.1) is 25.1 Å². The van der Waals surface area contributed by atoms with Crippen molar-refractivity contribution in [2.75, 3.05) is 36.9 Å². The molecule has 2 aromatic heterocycles. The summed E-state index contributed by atoms with van der Waals surface area (Å²) in [7, 11) is 0. The minimum Gasteiger partial charge on any atom is -0.379 e. The standard InChI is InChI=1S/C26H27N5OS/c1-2-6-18(7-3-1)27-19-8-4-9-20(16-19)28-25-24-21-10-5-11-22(21)33-26(24)30-23(29-25)17-31-12-14-32-15-13-31/h1-4,6-9,16,27H,5,10-15,17H2,(H,28,29,30). The summed E-state index contributed by atoms with van der Waals surface area (Å²) in [6.45, 7) is 4.17. The summed E-state index contributed by atoms with van der Waals surface area (Å²) >= 11 is 1.85. The van der Waals surface area contributed by atoms with Gasteiger partial charge in [-0.1, -0.05) is 24.3 Å². The van der Waals surface area contributed by atoms with E-state index in [0.29, 0.717) is 0 Å². The van der Waals surface area contributed by atoms with Crippen LogP contribution in [0.15, 0.2) is 54.6 Å². The Bertz CT molecular complexity index is 1270. The maximum atomic E-state index is 5.51. The maximum absolute atomic E-state index is 5.51. The van der Waals surface area contributed by atoms with Gasteiger partial charge in [0, 0.05) is 35.0 Å². The first-order chi connectivity index (χ1) is 16.3. The molecule has 168 valence electrons. The van der Waals surface area contributed by atoms with Crippen LogP contribution in [0.5, 0.6) is 0 Å². The van der Waals surface area contributed by atoms with E-state index >= 15 is 0 Å². The van der Waals surface area contributed by atoms with Crippen LogP contribution in [0.2, 0.25) is 0 Å². The molecule has 0 saturated carbocycles. The number of aromatic nitrogens is 2. The fourth-order valence-electron chi connectivity index (χ4n) is 4.66. The van der Waals surface area contributed by atoms with Crippen LogP contribution >= 0.6 is 11.3 Å². The number of rotatable bonds is 6. The lowest BCUT2D eigenvalue weighted by Gasteiger charge is -2.25. The van der Waals surface area contributed by atoms with Gasteiger partial charge < -0.3 is 15.4 Å². The van der Waals surface area contributed by atoms with E-state index in [0.717, 1.165) is 79.2 Å². The molecule has 6 rings (SSSR count). The number of nitrogens with one attached hydrogen (secondary N) is 2. The highest BCUT2D eigenvalue weighted by Gasteiger charge is 2.23. The van der Waals surface area contributed by atoms with Crippen LogP contribution in [0.25, 0.3) is 10.2 Å². The fourth-order valence-corrected chi connectivity index (χ4v) is 5.94. The molecule has 0 unspecified atom stereocenters. The zero-order valence-electron chi connectivity index (χ0n) is 18.5. The van der Waals surface area contributed by atoms with Gasteiger partial charge in [0.1, 0.15) is 16.5 Å². The zero-order chi connectivity index (χ0) is 22.0. The predicted molar refractivity (Wildman–Crippen MR) is 135 cm³/mol. The number of thiophene rings is 1. The molecule has 33 heavy (non-hydrogen) atoms. The topological polar surface area (TPSA) is 62.3 Å². The van der Waals surface area contributed by atoms with Gasteiger partial charge in [0.2, 0.25) is 0 Å². The van der Waals surface area contributed by atoms with E-state index in [-0.39, 0.29) is 0 Å². The Labute approximate surface area is 197 Å². The number of anilines is 4. The molecule has 3 heterocycles. The Hall–Kier alpha value is -3.00. The molecule has 0 atom stereocenters. The Morgan fingerprint density at radius 3 is 2.52 bits per heavy atom. The lowest BCUT2D eigenvalue weighted by atomic mass is 10.2. The molecule has 0 radical (unpaired) electrons. The smallest absolute Gasteiger partial charge is 0.146 e. The van der Waals surface area contributed by atoms with Crippen LogP contribution in [0.1, 0.15) is 22.7 Å². The summed E-state index contributed by atoms with van der Waals surface area (Å²) in [5.41, 5.74) is 4.57. The summed E-state index contributed by atoms with van der Waals surface area (Å²) in [6.07, 6.45) is 3.50. The third-order valence-electron chi connectivity index (χ3n) is 6.27. The Morgan fingerprint density at radius 2 is 1.67 bits per heavy atom. The molecule has 0 spiro atoms. The number of fused-ring (bicyclic) bond motifs is 3. The van der Waals surface area contributed by atoms with E-state index in [1.54, 1.807) is 0 Å². The van der Waals surface area contributed by atoms with Gasteiger partial charge in [-0.3, -0.25) is 4.90 Å². The van der Waals surface area contributed by atoms with Crippen molar-refractivity contribution in [3.8, 4) is 0 Å². The van der Waals surface area contributed by atoms with E-state index in [1.807, 2.05) is 29.5 Å². The maximum Gasteiger partial charge on any atom is 0.146 e. The number of para-hydroxylation sites is 1. The number of hydrogen-bond acceptors (Lipinski definition) is 7. The average Bonchev–Trinajstić information content (AvgIpc) is 3.42. The van der Waals surface area contributed by atoms with Crippen molar-refractivity contribution in [3.63, 3.8) is 0 Å². The minimum absolute atomic E-state index is 0.756. The van der Waals surface area contributed by atoms with Crippen molar-refractivity contribution >= 4 is 44.4 Å². The molecule has 2 aromatic carbocycles. The summed E-state index contributed by atoms with van der Waals surface area (Å²) in [5.74, 6) is 1.81. The third kappa shape index (κ3) is 4.44. The first-order valence-corrected chi connectivity index (χ1v) is 12.4. The number of nitrogens with zero attached hydrogens (tertiary/aromatic N) is 3. The van der Waals surface area contributed by atoms with Crippen LogP contribution in [-0.4, -0.2) is 41.2 Å². The molecule has 2 aliphatic rings. The van der Waals surface area contributed by atoms with Crippen molar-refractivity contribution in [3.05, 3.63) is 70.9 Å². The second-order valence-corrected chi connectivity index (χ2v) is 9.69. The molecular formula is C26H27N5OS. The van der Waals surface area contributed by atoms with Crippen LogP contribution in [-0.2, 0) is 24.1 Å². The van der Waals surface area contributed by atoms with Gasteiger partial charge in [-0.25, -0.2) is 9.97 Å². The Morgan fingerprint density at radius 1 is 0.879 bits per heavy atom. The SMILES string of the molecule is c1ccc(Nc2cccc(Nc3nc(CN4CCOCC4)nc4sc5c(c34)CCC5)c2)cc1. The van der Waals surface area contributed by atoms with E-state index in [1.165, 1.54) is 22.2 Å². The highest BCUT2D eigenvalue weighted by Crippen LogP contribution is 2.40. The van der Waals surface area contributed by atoms with Gasteiger partial charge in [0.15, 0.2) is 0 Å². The molecule has 1 fully saturated rings. The van der Waals surface area contributed by atoms with E-state index in [4.69, 9.17) is 14.7 Å². The van der Waals surface area contributed by atoms with Crippen LogP contribution in [0.3, 0.4) is 0 Å². The van der Waals surface area contributed by atoms with Crippen molar-refractivity contribution in [1.82, 2.24) is 14.9 Å². The summed E-state index contributed by atoms with van der Waals surface area (Å²) in [6, 6.07) is 18.6. The number of morpholine rings is 1. The average molecular weight is 458 g/mol. The highest BCUT2D eigenvalue weighted by molar-refractivity contribution is 7.19. The molecule has 1 saturated heterocycles. The molecular weight excluding hydrogens is 430 g/mol.